The molecular formula is C34H38F3N3O2. The second-order valence-electron chi connectivity index (χ2n) is 10.9. The van der Waals surface area contributed by atoms with Crippen LogP contribution >= 0.6 is 0 Å². The molecular weight excluding hydrogens is 539 g/mol. The Balaban J connectivity index is 1.75. The summed E-state index contributed by atoms with van der Waals surface area (Å²) < 4.78 is 47.0. The minimum Gasteiger partial charge on any atom is -0.465 e. The third kappa shape index (κ3) is 7.48. The highest BCUT2D eigenvalue weighted by Crippen LogP contribution is 2.37. The first-order valence-corrected chi connectivity index (χ1v) is 14.2. The Labute approximate surface area is 246 Å². The molecule has 0 aliphatic carbocycles. The number of methoxy groups -OCH3 is 1. The number of rotatable bonds is 7. The predicted octanol–water partition coefficient (Wildman–Crippen LogP) is 8.24. The smallest absolute Gasteiger partial charge is 0.416 e. The summed E-state index contributed by atoms with van der Waals surface area (Å²) in [5.74, 6) is 0.0210. The van der Waals surface area contributed by atoms with Gasteiger partial charge in [0, 0.05) is 22.9 Å². The molecule has 1 aliphatic heterocycles. The number of esters is 1. The summed E-state index contributed by atoms with van der Waals surface area (Å²) in [4.78, 5) is 18.9. The van der Waals surface area contributed by atoms with Gasteiger partial charge in [-0.05, 0) is 99.8 Å². The number of carbonyl (C=O) groups excluding carboxylic acids is 1. The zero-order chi connectivity index (χ0) is 30.4. The zero-order valence-electron chi connectivity index (χ0n) is 24.8. The molecule has 0 aromatic heterocycles. The van der Waals surface area contributed by atoms with E-state index in [2.05, 4.69) is 17.1 Å². The number of benzene rings is 3. The maximum Gasteiger partial charge on any atom is 0.416 e. The Hall–Kier alpha value is -3.91. The average molecular weight is 578 g/mol. The Morgan fingerprint density at radius 2 is 1.74 bits per heavy atom. The van der Waals surface area contributed by atoms with Gasteiger partial charge in [0.2, 0.25) is 0 Å². The van der Waals surface area contributed by atoms with Gasteiger partial charge in [-0.2, -0.15) is 13.2 Å². The van der Waals surface area contributed by atoms with E-state index in [4.69, 9.17) is 9.73 Å². The molecule has 0 amide bonds. The van der Waals surface area contributed by atoms with Crippen molar-refractivity contribution < 1.29 is 22.7 Å². The van der Waals surface area contributed by atoms with Gasteiger partial charge in [0.05, 0.1) is 18.2 Å². The minimum atomic E-state index is -4.47. The van der Waals surface area contributed by atoms with E-state index in [1.54, 1.807) is 12.1 Å². The van der Waals surface area contributed by atoms with Crippen molar-refractivity contribution in [2.45, 2.75) is 51.6 Å². The molecule has 1 N–H and O–H groups in total. The number of carbonyl (C=O) groups is 1. The number of nitrogens with one attached hydrogen (secondary N) is 1. The van der Waals surface area contributed by atoms with Gasteiger partial charge in [-0.15, -0.1) is 0 Å². The number of amidine groups is 1. The van der Waals surface area contributed by atoms with Crippen molar-refractivity contribution >= 4 is 17.5 Å². The molecule has 1 aliphatic rings. The lowest BCUT2D eigenvalue weighted by Gasteiger charge is -2.30. The Morgan fingerprint density at radius 3 is 2.36 bits per heavy atom. The van der Waals surface area contributed by atoms with Crippen LogP contribution in [0.15, 0.2) is 83.5 Å². The number of aliphatic imine (C=N–C) groups is 1. The summed E-state index contributed by atoms with van der Waals surface area (Å²) in [6.45, 7) is 7.48. The molecule has 1 fully saturated rings. The lowest BCUT2D eigenvalue weighted by Crippen LogP contribution is -2.29. The van der Waals surface area contributed by atoms with E-state index in [9.17, 15) is 18.0 Å². The van der Waals surface area contributed by atoms with Gasteiger partial charge in [-0.3, -0.25) is 0 Å². The molecule has 1 heterocycles. The maximum atomic E-state index is 14.1. The summed E-state index contributed by atoms with van der Waals surface area (Å²) in [6, 6.07) is 19.3. The van der Waals surface area contributed by atoms with Gasteiger partial charge in [-0.1, -0.05) is 49.4 Å². The summed E-state index contributed by atoms with van der Waals surface area (Å²) in [5.41, 5.74) is 4.25. The SMILES string of the molecule is CC=C(C)N=C(Nc1cc(C2CCN(C)CC2)cc(C(F)(F)F)c1)c1ccccc1C(C)c1ccc(C(=O)OC)cc1. The van der Waals surface area contributed by atoms with Crippen LogP contribution in [0.2, 0.25) is 0 Å². The summed E-state index contributed by atoms with van der Waals surface area (Å²) in [5, 5.41) is 3.28. The van der Waals surface area contributed by atoms with Crippen LogP contribution in [0.4, 0.5) is 18.9 Å². The number of piperidine rings is 1. The number of likely N-dealkylation sites (tertiary alicyclic amines) is 1. The van der Waals surface area contributed by atoms with E-state index in [1.807, 2.05) is 69.4 Å². The van der Waals surface area contributed by atoms with Crippen molar-refractivity contribution in [2.24, 2.45) is 4.99 Å². The summed E-state index contributed by atoms with van der Waals surface area (Å²) in [6.07, 6.45) is -0.997. The quantitative estimate of drug-likeness (QED) is 0.175. The molecule has 4 rings (SSSR count). The average Bonchev–Trinajstić information content (AvgIpc) is 2.99. The normalized spacial score (nSPS) is 16.3. The highest BCUT2D eigenvalue weighted by atomic mass is 19.4. The van der Waals surface area contributed by atoms with Crippen LogP contribution in [-0.2, 0) is 10.9 Å². The first kappa shape index (κ1) is 31.0. The van der Waals surface area contributed by atoms with Crippen molar-refractivity contribution in [3.05, 3.63) is 112 Å². The van der Waals surface area contributed by atoms with E-state index in [0.29, 0.717) is 22.6 Å². The van der Waals surface area contributed by atoms with Gasteiger partial charge in [0.1, 0.15) is 5.84 Å². The van der Waals surface area contributed by atoms with Gasteiger partial charge >= 0.3 is 12.1 Å². The first-order valence-electron chi connectivity index (χ1n) is 14.2. The van der Waals surface area contributed by atoms with E-state index in [0.717, 1.165) is 54.4 Å². The number of halogens is 3. The fourth-order valence-electron chi connectivity index (χ4n) is 5.29. The molecule has 1 unspecified atom stereocenters. The van der Waals surface area contributed by atoms with Crippen LogP contribution in [0.25, 0.3) is 0 Å². The molecule has 0 spiro atoms. The predicted molar refractivity (Wildman–Crippen MR) is 162 cm³/mol. The van der Waals surface area contributed by atoms with Crippen LogP contribution in [0.3, 0.4) is 0 Å². The van der Waals surface area contributed by atoms with Crippen LogP contribution in [0.5, 0.6) is 0 Å². The first-order chi connectivity index (χ1) is 20.0. The number of ether oxygens (including phenoxy) is 1. The van der Waals surface area contributed by atoms with E-state index >= 15 is 0 Å². The van der Waals surface area contributed by atoms with Crippen LogP contribution in [0, 0.1) is 0 Å². The number of anilines is 1. The standard InChI is InChI=1S/C34H38F3N3O2/c1-6-22(2)38-32(31-10-8-7-9-30(31)23(3)24-11-13-26(14-12-24)33(41)42-5)39-29-20-27(19-28(21-29)34(35,36)37)25-15-17-40(4)18-16-25/h6-14,19-21,23,25H,15-18H2,1-5H3,(H,38,39). The van der Waals surface area contributed by atoms with Gasteiger partial charge in [0.15, 0.2) is 0 Å². The Kier molecular flexibility index (Phi) is 9.89. The van der Waals surface area contributed by atoms with Gasteiger partial charge < -0.3 is 15.0 Å². The largest absolute Gasteiger partial charge is 0.465 e. The second kappa shape index (κ2) is 13.4. The van der Waals surface area contributed by atoms with Crippen molar-refractivity contribution in [2.75, 3.05) is 32.6 Å². The molecule has 0 bridgehead atoms. The fourth-order valence-corrected chi connectivity index (χ4v) is 5.29. The molecule has 222 valence electrons. The Morgan fingerprint density at radius 1 is 1.07 bits per heavy atom. The molecule has 5 nitrogen and oxygen atoms in total. The molecule has 1 atom stereocenters. The number of nitrogens with zero attached hydrogens (tertiary/aromatic N) is 2. The van der Waals surface area contributed by atoms with E-state index < -0.39 is 17.7 Å². The molecule has 3 aromatic carbocycles. The molecule has 42 heavy (non-hydrogen) atoms. The van der Waals surface area contributed by atoms with Crippen molar-refractivity contribution in [1.82, 2.24) is 4.90 Å². The summed E-state index contributed by atoms with van der Waals surface area (Å²) >= 11 is 0. The molecule has 0 radical (unpaired) electrons. The summed E-state index contributed by atoms with van der Waals surface area (Å²) in [7, 11) is 3.38. The van der Waals surface area contributed by atoms with Gasteiger partial charge in [-0.25, -0.2) is 9.79 Å². The Bertz CT molecular complexity index is 1450. The highest BCUT2D eigenvalue weighted by molar-refractivity contribution is 6.10. The molecule has 1 saturated heterocycles. The topological polar surface area (TPSA) is 53.9 Å². The van der Waals surface area contributed by atoms with Crippen LogP contribution in [-0.4, -0.2) is 44.0 Å². The van der Waals surface area contributed by atoms with Crippen LogP contribution in [0.1, 0.15) is 83.6 Å². The second-order valence-corrected chi connectivity index (χ2v) is 10.9. The van der Waals surface area contributed by atoms with Crippen molar-refractivity contribution in [3.8, 4) is 0 Å². The third-order valence-electron chi connectivity index (χ3n) is 7.96. The van der Waals surface area contributed by atoms with E-state index in [-0.39, 0.29) is 11.8 Å². The third-order valence-corrected chi connectivity index (χ3v) is 7.96. The van der Waals surface area contributed by atoms with Crippen LogP contribution < -0.4 is 5.32 Å². The minimum absolute atomic E-state index is 0.0574. The fraction of sp³-hybridized carbons (Fsp3) is 0.353. The maximum absolute atomic E-state index is 14.1. The van der Waals surface area contributed by atoms with Crippen molar-refractivity contribution in [1.29, 1.82) is 0 Å². The highest BCUT2D eigenvalue weighted by Gasteiger charge is 2.32. The lowest BCUT2D eigenvalue weighted by molar-refractivity contribution is -0.137. The lowest BCUT2D eigenvalue weighted by atomic mass is 9.88. The van der Waals surface area contributed by atoms with Crippen molar-refractivity contribution in [3.63, 3.8) is 0 Å². The zero-order valence-corrected chi connectivity index (χ0v) is 24.8. The number of alkyl halides is 3. The number of hydrogen-bond acceptors (Lipinski definition) is 4. The van der Waals surface area contributed by atoms with E-state index in [1.165, 1.54) is 13.2 Å². The monoisotopic (exact) mass is 577 g/mol. The number of hydrogen-bond donors (Lipinski definition) is 1. The molecule has 3 aromatic rings. The number of allylic oxidation sites excluding steroid dienone is 2. The molecule has 0 saturated carbocycles. The molecule has 8 heteroatoms. The van der Waals surface area contributed by atoms with Gasteiger partial charge in [0.25, 0.3) is 0 Å².